The zero-order chi connectivity index (χ0) is 18.7. The molecule has 2 aromatic rings. The molecule has 3 heterocycles. The van der Waals surface area contributed by atoms with Crippen LogP contribution in [0.15, 0.2) is 24.7 Å². The highest BCUT2D eigenvalue weighted by atomic mass is 35.5. The summed E-state index contributed by atoms with van der Waals surface area (Å²) in [5.41, 5.74) is 1.49. The highest BCUT2D eigenvalue weighted by molar-refractivity contribution is 6.39. The van der Waals surface area contributed by atoms with Gasteiger partial charge in [-0.25, -0.2) is 4.98 Å². The van der Waals surface area contributed by atoms with E-state index in [-0.39, 0.29) is 16.4 Å². The van der Waals surface area contributed by atoms with Crippen molar-refractivity contribution in [1.82, 2.24) is 19.7 Å². The zero-order valence-corrected chi connectivity index (χ0v) is 14.9. The molecule has 3 rings (SSSR count). The molecule has 0 saturated carbocycles. The number of piperidine rings is 1. The summed E-state index contributed by atoms with van der Waals surface area (Å²) in [7, 11) is 1.87. The Balaban J connectivity index is 1.57. The molecule has 1 aliphatic heterocycles. The van der Waals surface area contributed by atoms with Gasteiger partial charge in [-0.05, 0) is 30.4 Å². The van der Waals surface area contributed by atoms with Gasteiger partial charge in [-0.2, -0.15) is 10.4 Å². The molecule has 0 spiro atoms. The number of hydrogen-bond acceptors (Lipinski definition) is 5. The third kappa shape index (κ3) is 3.83. The van der Waals surface area contributed by atoms with Gasteiger partial charge < -0.3 is 10.2 Å². The molecule has 26 heavy (non-hydrogen) atoms. The van der Waals surface area contributed by atoms with Crippen molar-refractivity contribution >= 4 is 29.1 Å². The third-order valence-electron chi connectivity index (χ3n) is 4.38. The van der Waals surface area contributed by atoms with Crippen LogP contribution in [-0.2, 0) is 16.6 Å². The number of carbonyl (C=O) groups excluding carboxylic acids is 2. The number of anilines is 1. The number of pyridine rings is 1. The summed E-state index contributed by atoms with van der Waals surface area (Å²) in [6.45, 7) is 1.02. The summed E-state index contributed by atoms with van der Waals surface area (Å²) in [5.74, 6) is -0.986. The second kappa shape index (κ2) is 7.54. The SMILES string of the molecule is Cn1cc(C2CCN(C(=O)C(=O)Nc3cnc(C#N)c(Cl)c3)CC2)cn1. The van der Waals surface area contributed by atoms with Crippen molar-refractivity contribution in [3.63, 3.8) is 0 Å². The van der Waals surface area contributed by atoms with Crippen LogP contribution >= 0.6 is 11.6 Å². The van der Waals surface area contributed by atoms with Gasteiger partial charge in [-0.1, -0.05) is 11.6 Å². The van der Waals surface area contributed by atoms with E-state index in [1.807, 2.05) is 25.5 Å². The second-order valence-corrected chi connectivity index (χ2v) is 6.54. The molecule has 9 heteroatoms. The molecule has 0 bridgehead atoms. The Morgan fingerprint density at radius 2 is 2.08 bits per heavy atom. The van der Waals surface area contributed by atoms with Crippen molar-refractivity contribution in [2.45, 2.75) is 18.8 Å². The van der Waals surface area contributed by atoms with Crippen LogP contribution in [0.4, 0.5) is 5.69 Å². The van der Waals surface area contributed by atoms with E-state index < -0.39 is 11.8 Å². The van der Waals surface area contributed by atoms with Gasteiger partial charge in [0.2, 0.25) is 0 Å². The van der Waals surface area contributed by atoms with Gasteiger partial charge in [0.05, 0.1) is 23.1 Å². The number of hydrogen-bond donors (Lipinski definition) is 1. The van der Waals surface area contributed by atoms with Gasteiger partial charge in [-0.3, -0.25) is 14.3 Å². The van der Waals surface area contributed by atoms with Gasteiger partial charge in [-0.15, -0.1) is 0 Å². The molecule has 1 saturated heterocycles. The van der Waals surface area contributed by atoms with Gasteiger partial charge in [0.1, 0.15) is 6.07 Å². The fourth-order valence-corrected chi connectivity index (χ4v) is 3.19. The quantitative estimate of drug-likeness (QED) is 0.808. The Bertz CT molecular complexity index is 880. The lowest BCUT2D eigenvalue weighted by Crippen LogP contribution is -2.43. The molecule has 0 atom stereocenters. The maximum Gasteiger partial charge on any atom is 0.313 e. The molecule has 2 aromatic heterocycles. The summed E-state index contributed by atoms with van der Waals surface area (Å²) in [5, 5.41) is 15.6. The Kier molecular flexibility index (Phi) is 5.19. The number of nitriles is 1. The number of amides is 2. The summed E-state index contributed by atoms with van der Waals surface area (Å²) in [6.07, 6.45) is 6.70. The number of rotatable bonds is 2. The Morgan fingerprint density at radius 3 is 2.65 bits per heavy atom. The Morgan fingerprint density at radius 1 is 1.35 bits per heavy atom. The third-order valence-corrected chi connectivity index (χ3v) is 4.67. The molecule has 8 nitrogen and oxygen atoms in total. The molecule has 1 N–H and O–H groups in total. The minimum absolute atomic E-state index is 0.0634. The molecule has 1 aliphatic rings. The number of carbonyl (C=O) groups is 2. The van der Waals surface area contributed by atoms with Gasteiger partial charge in [0, 0.05) is 26.3 Å². The van der Waals surface area contributed by atoms with E-state index in [2.05, 4.69) is 15.4 Å². The molecule has 0 aromatic carbocycles. The normalized spacial score (nSPS) is 14.7. The minimum Gasteiger partial charge on any atom is -0.334 e. The van der Waals surface area contributed by atoms with Crippen molar-refractivity contribution in [2.24, 2.45) is 7.05 Å². The van der Waals surface area contributed by atoms with E-state index in [0.717, 1.165) is 18.4 Å². The molecule has 0 unspecified atom stereocenters. The van der Waals surface area contributed by atoms with Crippen LogP contribution in [0.2, 0.25) is 5.02 Å². The average Bonchev–Trinajstić information content (AvgIpc) is 3.08. The fraction of sp³-hybridized carbons (Fsp3) is 0.353. The van der Waals surface area contributed by atoms with E-state index >= 15 is 0 Å². The summed E-state index contributed by atoms with van der Waals surface area (Å²) in [4.78, 5) is 29.9. The molecule has 134 valence electrons. The van der Waals surface area contributed by atoms with Crippen molar-refractivity contribution in [3.05, 3.63) is 40.9 Å². The van der Waals surface area contributed by atoms with Gasteiger partial charge >= 0.3 is 11.8 Å². The molecule has 2 amide bonds. The maximum absolute atomic E-state index is 12.3. The highest BCUT2D eigenvalue weighted by Gasteiger charge is 2.28. The first-order valence-electron chi connectivity index (χ1n) is 8.12. The largest absolute Gasteiger partial charge is 0.334 e. The topological polar surface area (TPSA) is 104 Å². The monoisotopic (exact) mass is 372 g/mol. The first-order chi connectivity index (χ1) is 12.5. The number of aryl methyl sites for hydroxylation is 1. The fourth-order valence-electron chi connectivity index (χ4n) is 2.98. The predicted octanol–water partition coefficient (Wildman–Crippen LogP) is 1.68. The molecule has 1 fully saturated rings. The van der Waals surface area contributed by atoms with E-state index in [4.69, 9.17) is 16.9 Å². The zero-order valence-electron chi connectivity index (χ0n) is 14.1. The Labute approximate surface area is 155 Å². The van der Waals surface area contributed by atoms with Crippen LogP contribution in [0, 0.1) is 11.3 Å². The molecular weight excluding hydrogens is 356 g/mol. The highest BCUT2D eigenvalue weighted by Crippen LogP contribution is 2.27. The van der Waals surface area contributed by atoms with E-state index in [1.165, 1.54) is 12.3 Å². The molecule has 0 aliphatic carbocycles. The predicted molar refractivity (Wildman–Crippen MR) is 94.4 cm³/mol. The molecular formula is C17H17ClN6O2. The van der Waals surface area contributed by atoms with Crippen LogP contribution in [0.5, 0.6) is 0 Å². The smallest absolute Gasteiger partial charge is 0.313 e. The first kappa shape index (κ1) is 17.9. The van der Waals surface area contributed by atoms with Crippen molar-refractivity contribution in [1.29, 1.82) is 5.26 Å². The lowest BCUT2D eigenvalue weighted by molar-refractivity contribution is -0.143. The lowest BCUT2D eigenvalue weighted by atomic mass is 9.91. The van der Waals surface area contributed by atoms with Crippen LogP contribution in [0.1, 0.15) is 30.0 Å². The van der Waals surface area contributed by atoms with Crippen LogP contribution in [-0.4, -0.2) is 44.6 Å². The first-order valence-corrected chi connectivity index (χ1v) is 8.50. The van der Waals surface area contributed by atoms with Gasteiger partial charge in [0.15, 0.2) is 5.69 Å². The average molecular weight is 373 g/mol. The van der Waals surface area contributed by atoms with Crippen molar-refractivity contribution < 1.29 is 9.59 Å². The summed E-state index contributed by atoms with van der Waals surface area (Å²) >= 11 is 5.88. The van der Waals surface area contributed by atoms with E-state index in [0.29, 0.717) is 19.0 Å². The van der Waals surface area contributed by atoms with Crippen molar-refractivity contribution in [3.8, 4) is 6.07 Å². The number of nitrogens with one attached hydrogen (secondary N) is 1. The number of nitrogens with zero attached hydrogens (tertiary/aromatic N) is 5. The van der Waals surface area contributed by atoms with E-state index in [9.17, 15) is 9.59 Å². The second-order valence-electron chi connectivity index (χ2n) is 6.13. The summed E-state index contributed by atoms with van der Waals surface area (Å²) < 4.78 is 1.76. The maximum atomic E-state index is 12.3. The van der Waals surface area contributed by atoms with Crippen LogP contribution < -0.4 is 5.32 Å². The van der Waals surface area contributed by atoms with Gasteiger partial charge in [0.25, 0.3) is 0 Å². The number of aromatic nitrogens is 3. The van der Waals surface area contributed by atoms with Crippen molar-refractivity contribution in [2.75, 3.05) is 18.4 Å². The summed E-state index contributed by atoms with van der Waals surface area (Å²) in [6, 6.07) is 3.23. The number of likely N-dealkylation sites (tertiary alicyclic amines) is 1. The number of halogens is 1. The van der Waals surface area contributed by atoms with E-state index in [1.54, 1.807) is 9.58 Å². The van der Waals surface area contributed by atoms with Crippen LogP contribution in [0.25, 0.3) is 0 Å². The Hall–Kier alpha value is -2.92. The van der Waals surface area contributed by atoms with Crippen LogP contribution in [0.3, 0.4) is 0 Å². The molecule has 0 radical (unpaired) electrons. The standard InChI is InChI=1S/C17H17ClN6O2/c1-23-10-12(8-21-23)11-2-4-24(5-3-11)17(26)16(25)22-13-6-14(18)15(7-19)20-9-13/h6,8-11H,2-5H2,1H3,(H,22,25). The minimum atomic E-state index is -0.743. The lowest BCUT2D eigenvalue weighted by Gasteiger charge is -2.31.